The molecule has 1 unspecified atom stereocenters. The van der Waals surface area contributed by atoms with Crippen molar-refractivity contribution < 1.29 is 14.1 Å². The van der Waals surface area contributed by atoms with E-state index < -0.39 is 4.92 Å². The van der Waals surface area contributed by atoms with Gasteiger partial charge in [0.2, 0.25) is 5.91 Å². The molecular formula is C18H18FN3O3S. The van der Waals surface area contributed by atoms with E-state index in [2.05, 4.69) is 5.32 Å². The van der Waals surface area contributed by atoms with Gasteiger partial charge < -0.3 is 10.2 Å². The van der Waals surface area contributed by atoms with Crippen LogP contribution in [0.15, 0.2) is 53.4 Å². The predicted molar refractivity (Wildman–Crippen MR) is 97.5 cm³/mol. The molecule has 1 atom stereocenters. The largest absolute Gasteiger partial charge is 0.332 e. The van der Waals surface area contributed by atoms with Gasteiger partial charge in [0, 0.05) is 36.7 Å². The third-order valence-electron chi connectivity index (χ3n) is 4.21. The number of nitrogens with zero attached hydrogens (tertiary/aromatic N) is 2. The first-order valence-corrected chi connectivity index (χ1v) is 9.16. The molecule has 1 heterocycles. The fourth-order valence-electron chi connectivity index (χ4n) is 2.91. The normalized spacial score (nSPS) is 17.1. The smallest absolute Gasteiger partial charge is 0.269 e. The zero-order valence-electron chi connectivity index (χ0n) is 13.9. The summed E-state index contributed by atoms with van der Waals surface area (Å²) in [5.41, 5.74) is 0.792. The molecule has 0 saturated carbocycles. The Bertz CT molecular complexity index is 801. The van der Waals surface area contributed by atoms with Gasteiger partial charge in [-0.05, 0) is 29.8 Å². The zero-order valence-corrected chi connectivity index (χ0v) is 14.7. The summed E-state index contributed by atoms with van der Waals surface area (Å²) in [6, 6.07) is 12.2. The first-order valence-electron chi connectivity index (χ1n) is 8.17. The second-order valence-corrected chi connectivity index (χ2v) is 6.95. The number of benzene rings is 2. The number of hydrogen-bond donors (Lipinski definition) is 1. The van der Waals surface area contributed by atoms with Gasteiger partial charge in [-0.1, -0.05) is 12.1 Å². The first-order chi connectivity index (χ1) is 12.5. The summed E-state index contributed by atoms with van der Waals surface area (Å²) in [7, 11) is 0. The molecule has 136 valence electrons. The Hall–Kier alpha value is -2.45. The maximum absolute atomic E-state index is 13.5. The van der Waals surface area contributed by atoms with Gasteiger partial charge in [0.1, 0.15) is 5.82 Å². The molecule has 0 bridgehead atoms. The summed E-state index contributed by atoms with van der Waals surface area (Å²) in [5.74, 6) is -0.131. The Balaban J connectivity index is 1.66. The molecule has 3 rings (SSSR count). The van der Waals surface area contributed by atoms with Crippen molar-refractivity contribution in [2.45, 2.75) is 10.9 Å². The molecule has 1 fully saturated rings. The van der Waals surface area contributed by atoms with Gasteiger partial charge in [0.15, 0.2) is 0 Å². The summed E-state index contributed by atoms with van der Waals surface area (Å²) in [6.07, 6.45) is 0. The molecule has 6 nitrogen and oxygen atoms in total. The molecule has 2 aromatic carbocycles. The van der Waals surface area contributed by atoms with Crippen molar-refractivity contribution in [3.8, 4) is 0 Å². The third-order valence-corrected chi connectivity index (χ3v) is 5.20. The number of non-ortho nitro benzene ring substituents is 1. The lowest BCUT2D eigenvalue weighted by atomic mass is 10.0. The Morgan fingerprint density at radius 1 is 1.31 bits per heavy atom. The number of thioether (sulfide) groups is 1. The SMILES string of the molecule is O=C(CSc1ccc([N+](=O)[O-])cc1)N1CCNCC1c1cccc(F)c1. The number of carbonyl (C=O) groups is 1. The van der Waals surface area contributed by atoms with Gasteiger partial charge >= 0.3 is 0 Å². The predicted octanol–water partition coefficient (Wildman–Crippen LogP) is 3.00. The molecule has 26 heavy (non-hydrogen) atoms. The zero-order chi connectivity index (χ0) is 18.5. The van der Waals surface area contributed by atoms with Gasteiger partial charge in [-0.25, -0.2) is 4.39 Å². The molecule has 2 aromatic rings. The summed E-state index contributed by atoms with van der Waals surface area (Å²) in [4.78, 5) is 25.5. The first kappa shape index (κ1) is 18.3. The Kier molecular flexibility index (Phi) is 5.85. The quantitative estimate of drug-likeness (QED) is 0.494. The van der Waals surface area contributed by atoms with Gasteiger partial charge in [-0.3, -0.25) is 14.9 Å². The second kappa shape index (κ2) is 8.29. The summed E-state index contributed by atoms with van der Waals surface area (Å²) in [5, 5.41) is 13.9. The van der Waals surface area contributed by atoms with Gasteiger partial charge in [-0.15, -0.1) is 11.8 Å². The van der Waals surface area contributed by atoms with Crippen molar-refractivity contribution in [3.63, 3.8) is 0 Å². The van der Waals surface area contributed by atoms with E-state index in [1.807, 2.05) is 6.07 Å². The average molecular weight is 375 g/mol. The number of halogens is 1. The van der Waals surface area contributed by atoms with E-state index in [4.69, 9.17) is 0 Å². The number of rotatable bonds is 5. The van der Waals surface area contributed by atoms with Crippen molar-refractivity contribution in [1.29, 1.82) is 0 Å². The Morgan fingerprint density at radius 2 is 2.08 bits per heavy atom. The number of nitro benzene ring substituents is 1. The van der Waals surface area contributed by atoms with E-state index in [1.54, 1.807) is 23.1 Å². The number of piperazine rings is 1. The van der Waals surface area contributed by atoms with Crippen LogP contribution in [0.5, 0.6) is 0 Å². The van der Waals surface area contributed by atoms with E-state index in [1.165, 1.54) is 36.0 Å². The van der Waals surface area contributed by atoms with Crippen LogP contribution in [0.25, 0.3) is 0 Å². The number of nitrogens with one attached hydrogen (secondary N) is 1. The maximum atomic E-state index is 13.5. The summed E-state index contributed by atoms with van der Waals surface area (Å²) < 4.78 is 13.5. The molecule has 1 N–H and O–H groups in total. The lowest BCUT2D eigenvalue weighted by molar-refractivity contribution is -0.384. The lowest BCUT2D eigenvalue weighted by Gasteiger charge is -2.36. The molecular weight excluding hydrogens is 357 g/mol. The average Bonchev–Trinajstić information content (AvgIpc) is 2.66. The minimum Gasteiger partial charge on any atom is -0.332 e. The minimum absolute atomic E-state index is 0.0222. The van der Waals surface area contributed by atoms with Gasteiger partial charge in [0.05, 0.1) is 16.7 Å². The molecule has 8 heteroatoms. The van der Waals surface area contributed by atoms with E-state index in [-0.39, 0.29) is 29.2 Å². The molecule has 1 saturated heterocycles. The topological polar surface area (TPSA) is 75.5 Å². The van der Waals surface area contributed by atoms with Crippen molar-refractivity contribution in [2.75, 3.05) is 25.4 Å². The summed E-state index contributed by atoms with van der Waals surface area (Å²) >= 11 is 1.33. The fraction of sp³-hybridized carbons (Fsp3) is 0.278. The number of amides is 1. The highest BCUT2D eigenvalue weighted by atomic mass is 32.2. The number of hydrogen-bond acceptors (Lipinski definition) is 5. The molecule has 1 aliphatic heterocycles. The third kappa shape index (κ3) is 4.39. The molecule has 0 aliphatic carbocycles. The van der Waals surface area contributed by atoms with Crippen molar-refractivity contribution in [1.82, 2.24) is 10.2 Å². The van der Waals surface area contributed by atoms with Crippen LogP contribution in [0.4, 0.5) is 10.1 Å². The Morgan fingerprint density at radius 3 is 2.77 bits per heavy atom. The van der Waals surface area contributed by atoms with Crippen LogP contribution in [0, 0.1) is 15.9 Å². The van der Waals surface area contributed by atoms with Crippen LogP contribution in [-0.4, -0.2) is 41.1 Å². The molecule has 0 aromatic heterocycles. The van der Waals surface area contributed by atoms with E-state index >= 15 is 0 Å². The van der Waals surface area contributed by atoms with Crippen molar-refractivity contribution in [3.05, 3.63) is 70.0 Å². The molecule has 0 radical (unpaired) electrons. The van der Waals surface area contributed by atoms with Gasteiger partial charge in [0.25, 0.3) is 5.69 Å². The highest BCUT2D eigenvalue weighted by Gasteiger charge is 2.27. The second-order valence-electron chi connectivity index (χ2n) is 5.90. The lowest BCUT2D eigenvalue weighted by Crippen LogP contribution is -2.49. The molecule has 1 amide bonds. The van der Waals surface area contributed by atoms with Gasteiger partial charge in [-0.2, -0.15) is 0 Å². The number of carbonyl (C=O) groups excluding carboxylic acids is 1. The minimum atomic E-state index is -0.454. The van der Waals surface area contributed by atoms with Crippen LogP contribution in [-0.2, 0) is 4.79 Å². The van der Waals surface area contributed by atoms with E-state index in [9.17, 15) is 19.3 Å². The van der Waals surface area contributed by atoms with E-state index in [0.29, 0.717) is 19.6 Å². The van der Waals surface area contributed by atoms with Crippen LogP contribution in [0.2, 0.25) is 0 Å². The van der Waals surface area contributed by atoms with Crippen LogP contribution >= 0.6 is 11.8 Å². The van der Waals surface area contributed by atoms with Crippen molar-refractivity contribution >= 4 is 23.4 Å². The standard InChI is InChI=1S/C18H18FN3O3S/c19-14-3-1-2-13(10-14)17-11-20-8-9-21(17)18(23)12-26-16-6-4-15(5-7-16)22(24)25/h1-7,10,17,20H,8-9,11-12H2. The van der Waals surface area contributed by atoms with E-state index in [0.717, 1.165) is 10.5 Å². The van der Waals surface area contributed by atoms with Crippen LogP contribution in [0.1, 0.15) is 11.6 Å². The highest BCUT2D eigenvalue weighted by Crippen LogP contribution is 2.26. The van der Waals surface area contributed by atoms with Crippen LogP contribution < -0.4 is 5.32 Å². The molecule has 0 spiro atoms. The highest BCUT2D eigenvalue weighted by molar-refractivity contribution is 8.00. The monoisotopic (exact) mass is 375 g/mol. The number of nitro groups is 1. The summed E-state index contributed by atoms with van der Waals surface area (Å²) in [6.45, 7) is 1.83. The molecule has 1 aliphatic rings. The van der Waals surface area contributed by atoms with Crippen LogP contribution in [0.3, 0.4) is 0 Å². The fourth-order valence-corrected chi connectivity index (χ4v) is 3.69. The van der Waals surface area contributed by atoms with Crippen molar-refractivity contribution in [2.24, 2.45) is 0 Å². The maximum Gasteiger partial charge on any atom is 0.269 e. The Labute approximate surface area is 154 Å².